The average molecular weight is 527 g/mol. The van der Waals surface area contributed by atoms with Gasteiger partial charge >= 0.3 is 41.5 Å². The van der Waals surface area contributed by atoms with Crippen LogP contribution in [0.1, 0.15) is 123 Å². The maximum atomic E-state index is 12.4. The fraction of sp³-hybridized carbons (Fsp3) is 0.700. The molecule has 0 bridgehead atoms. The normalized spacial score (nSPS) is 13.3. The molecule has 0 fully saturated rings. The third-order valence-electron chi connectivity index (χ3n) is 6.69. The van der Waals surface area contributed by atoms with Gasteiger partial charge in [0.05, 0.1) is 19.3 Å². The summed E-state index contributed by atoms with van der Waals surface area (Å²) in [5, 5.41) is 10.4. The van der Waals surface area contributed by atoms with Crippen molar-refractivity contribution in [3.05, 3.63) is 34.4 Å². The second-order valence-corrected chi connectivity index (χ2v) is 9.49. The number of esters is 2. The van der Waals surface area contributed by atoms with E-state index < -0.39 is 5.97 Å². The molecule has 204 valence electrons. The molecule has 0 atom stereocenters. The molecule has 0 saturated carbocycles. The van der Waals surface area contributed by atoms with Crippen molar-refractivity contribution in [1.82, 2.24) is 0 Å². The summed E-state index contributed by atoms with van der Waals surface area (Å²) in [5.74, 6) is -1.60. The van der Waals surface area contributed by atoms with Crippen LogP contribution in [0.4, 0.5) is 0 Å². The monoisotopic (exact) mass is 526 g/mol. The third kappa shape index (κ3) is 15.0. The molecule has 0 aromatic carbocycles. The number of aliphatic carboxylic acids is 1. The van der Waals surface area contributed by atoms with E-state index >= 15 is 0 Å². The van der Waals surface area contributed by atoms with Gasteiger partial charge in [-0.1, -0.05) is 69.6 Å². The first-order valence-corrected chi connectivity index (χ1v) is 14.0. The van der Waals surface area contributed by atoms with E-state index in [1.165, 1.54) is 39.2 Å². The molecule has 0 amide bonds. The quantitative estimate of drug-likeness (QED) is 0.0986. The van der Waals surface area contributed by atoms with Crippen molar-refractivity contribution in [2.24, 2.45) is 0 Å². The van der Waals surface area contributed by atoms with E-state index in [-0.39, 0.29) is 47.9 Å². The van der Waals surface area contributed by atoms with Crippen LogP contribution in [0.5, 0.6) is 0 Å². The van der Waals surface area contributed by atoms with Gasteiger partial charge in [-0.25, -0.2) is 9.59 Å². The number of hydrogen-bond donors (Lipinski definition) is 0. The van der Waals surface area contributed by atoms with E-state index in [2.05, 4.69) is 12.2 Å². The van der Waals surface area contributed by atoms with Crippen LogP contribution in [0.15, 0.2) is 34.4 Å². The van der Waals surface area contributed by atoms with Crippen LogP contribution >= 0.6 is 0 Å². The van der Waals surface area contributed by atoms with Crippen molar-refractivity contribution in [3.63, 3.8) is 0 Å². The number of ether oxygens (including phenoxy) is 2. The van der Waals surface area contributed by atoms with E-state index in [1.807, 2.05) is 6.92 Å². The number of rotatable bonds is 21. The SMILES string of the molecule is CCOC(=O)C1=C(CC)C(C(=O)OC)=C(CCCCCCCC/C=C\CCCCCCCC(=O)[O-])C1.[Na+]. The zero-order valence-electron chi connectivity index (χ0n) is 23.8. The molecule has 0 heterocycles. The molecule has 1 aliphatic carbocycles. The molecule has 0 radical (unpaired) electrons. The van der Waals surface area contributed by atoms with Crippen LogP contribution in [-0.4, -0.2) is 31.6 Å². The van der Waals surface area contributed by atoms with Crippen molar-refractivity contribution in [2.75, 3.05) is 13.7 Å². The molecule has 6 nitrogen and oxygen atoms in total. The predicted molar refractivity (Wildman–Crippen MR) is 141 cm³/mol. The second-order valence-electron chi connectivity index (χ2n) is 9.49. The summed E-state index contributed by atoms with van der Waals surface area (Å²) in [7, 11) is 1.39. The number of carboxylic acids is 1. The largest absolute Gasteiger partial charge is 1.00 e. The Hall–Kier alpha value is -1.37. The third-order valence-corrected chi connectivity index (χ3v) is 6.69. The van der Waals surface area contributed by atoms with Crippen molar-refractivity contribution < 1.29 is 58.5 Å². The van der Waals surface area contributed by atoms with Crippen LogP contribution in [0, 0.1) is 0 Å². The van der Waals surface area contributed by atoms with E-state index in [9.17, 15) is 19.5 Å². The number of unbranched alkanes of at least 4 members (excludes halogenated alkanes) is 11. The van der Waals surface area contributed by atoms with Crippen LogP contribution in [0.25, 0.3) is 0 Å². The fourth-order valence-corrected chi connectivity index (χ4v) is 4.76. The number of carbonyl (C=O) groups excluding carboxylic acids is 3. The van der Waals surface area contributed by atoms with Gasteiger partial charge in [-0.05, 0) is 70.3 Å². The summed E-state index contributed by atoms with van der Waals surface area (Å²) >= 11 is 0. The molecule has 1 aliphatic rings. The molecule has 0 unspecified atom stereocenters. The summed E-state index contributed by atoms with van der Waals surface area (Å²) < 4.78 is 10.2. The first kappa shape index (κ1) is 35.6. The van der Waals surface area contributed by atoms with Gasteiger partial charge in [0.2, 0.25) is 0 Å². The molecule has 0 spiro atoms. The number of carboxylic acid groups (broad SMARTS) is 1. The van der Waals surface area contributed by atoms with E-state index in [1.54, 1.807) is 6.92 Å². The minimum Gasteiger partial charge on any atom is -0.550 e. The second kappa shape index (κ2) is 22.6. The van der Waals surface area contributed by atoms with Crippen LogP contribution in [0.3, 0.4) is 0 Å². The van der Waals surface area contributed by atoms with E-state index in [4.69, 9.17) is 9.47 Å². The topological polar surface area (TPSA) is 92.7 Å². The van der Waals surface area contributed by atoms with Gasteiger partial charge in [-0.2, -0.15) is 0 Å². The molecule has 1 rings (SSSR count). The summed E-state index contributed by atoms with van der Waals surface area (Å²) in [6, 6.07) is 0. The molecule has 0 saturated heterocycles. The van der Waals surface area contributed by atoms with Gasteiger partial charge < -0.3 is 19.4 Å². The Balaban J connectivity index is 0.0000130. The molecular weight excluding hydrogens is 479 g/mol. The molecule has 0 aromatic heterocycles. The molecule has 0 aromatic rings. The van der Waals surface area contributed by atoms with Crippen molar-refractivity contribution in [3.8, 4) is 0 Å². The summed E-state index contributed by atoms with van der Waals surface area (Å²) in [6.45, 7) is 4.08. The zero-order valence-corrected chi connectivity index (χ0v) is 25.8. The fourth-order valence-electron chi connectivity index (χ4n) is 4.76. The zero-order chi connectivity index (χ0) is 26.6. The molecule has 0 N–H and O–H groups in total. The number of hydrogen-bond acceptors (Lipinski definition) is 6. The molecular formula is C30H47NaO6. The van der Waals surface area contributed by atoms with Crippen molar-refractivity contribution in [2.45, 2.75) is 123 Å². The molecule has 0 aliphatic heterocycles. The Morgan fingerprint density at radius 2 is 1.35 bits per heavy atom. The predicted octanol–water partition coefficient (Wildman–Crippen LogP) is 3.29. The van der Waals surface area contributed by atoms with Gasteiger partial charge in [0.15, 0.2) is 0 Å². The van der Waals surface area contributed by atoms with Gasteiger partial charge in [0, 0.05) is 18.0 Å². The number of carbonyl (C=O) groups is 3. The molecule has 37 heavy (non-hydrogen) atoms. The van der Waals surface area contributed by atoms with Crippen molar-refractivity contribution in [1.29, 1.82) is 0 Å². The maximum absolute atomic E-state index is 12.4. The molecule has 7 heteroatoms. The minimum absolute atomic E-state index is 0. The first-order valence-electron chi connectivity index (χ1n) is 14.0. The Kier molecular flexibility index (Phi) is 21.8. The Morgan fingerprint density at radius 1 is 0.811 bits per heavy atom. The van der Waals surface area contributed by atoms with Crippen LogP contribution in [0.2, 0.25) is 0 Å². The standard InChI is InChI=1S/C30H48O6.Na/c1-4-25-26(29(33)36-5-2)23-24(28(25)30(34)35-3)21-19-17-15-13-11-9-7-6-8-10-12-14-16-18-20-22-27(31)32;/h6,8H,4-5,7,9-23H2,1-3H3,(H,31,32);/q;+1/p-1/b8-6-;. The minimum atomic E-state index is -0.942. The van der Waals surface area contributed by atoms with Gasteiger partial charge in [0.25, 0.3) is 0 Å². The van der Waals surface area contributed by atoms with Gasteiger partial charge in [-0.15, -0.1) is 0 Å². The summed E-state index contributed by atoms with van der Waals surface area (Å²) in [4.78, 5) is 35.1. The van der Waals surface area contributed by atoms with E-state index in [0.717, 1.165) is 68.9 Å². The maximum Gasteiger partial charge on any atom is 1.00 e. The summed E-state index contributed by atoms with van der Waals surface area (Å²) in [6.07, 6.45) is 21.0. The van der Waals surface area contributed by atoms with Gasteiger partial charge in [-0.3, -0.25) is 0 Å². The van der Waals surface area contributed by atoms with Crippen LogP contribution < -0.4 is 34.7 Å². The Bertz CT molecular complexity index is 781. The van der Waals surface area contributed by atoms with Crippen molar-refractivity contribution >= 4 is 17.9 Å². The van der Waals surface area contributed by atoms with Crippen LogP contribution in [-0.2, 0) is 23.9 Å². The number of allylic oxidation sites excluding steroid dienone is 3. The summed E-state index contributed by atoms with van der Waals surface area (Å²) in [5.41, 5.74) is 3.03. The smallest absolute Gasteiger partial charge is 0.550 e. The van der Waals surface area contributed by atoms with Gasteiger partial charge in [0.1, 0.15) is 0 Å². The first-order chi connectivity index (χ1) is 17.5. The average Bonchev–Trinajstić information content (AvgIpc) is 3.24. The Labute approximate surface area is 246 Å². The Morgan fingerprint density at radius 3 is 1.86 bits per heavy atom. The van der Waals surface area contributed by atoms with E-state index in [0.29, 0.717) is 30.6 Å². The number of methoxy groups -OCH3 is 1.